The summed E-state index contributed by atoms with van der Waals surface area (Å²) in [4.78, 5) is 0. The van der Waals surface area contributed by atoms with Crippen LogP contribution in [0.4, 0.5) is 0 Å². The van der Waals surface area contributed by atoms with Gasteiger partial charge in [-0.25, -0.2) is 0 Å². The molecule has 1 rings (SSSR count). The molecule has 0 N–H and O–H groups in total. The first kappa shape index (κ1) is 13.5. The maximum Gasteiger partial charge on any atom is 0.0566 e. The van der Waals surface area contributed by atoms with Crippen LogP contribution in [0.5, 0.6) is 0 Å². The fraction of sp³-hybridized carbons (Fsp3) is 1.00. The molecule has 0 aromatic carbocycles. The van der Waals surface area contributed by atoms with Crippen LogP contribution in [0.3, 0.4) is 0 Å². The lowest BCUT2D eigenvalue weighted by atomic mass is 9.84. The molecule has 0 unspecified atom stereocenters. The van der Waals surface area contributed by atoms with Crippen molar-refractivity contribution in [2.24, 2.45) is 5.41 Å². The van der Waals surface area contributed by atoms with E-state index in [1.807, 2.05) is 0 Å². The number of alkyl halides is 1. The molecule has 1 aliphatic rings. The Morgan fingerprint density at radius 3 is 2.47 bits per heavy atom. The number of hydrogen-bond donors (Lipinski definition) is 0. The molecular formula is C12H23BrO2. The van der Waals surface area contributed by atoms with E-state index in [-0.39, 0.29) is 0 Å². The molecule has 90 valence electrons. The molecule has 3 heteroatoms. The Balaban J connectivity index is 1.88. The van der Waals surface area contributed by atoms with Gasteiger partial charge in [0.15, 0.2) is 0 Å². The molecule has 1 fully saturated rings. The van der Waals surface area contributed by atoms with Crippen LogP contribution in [0.15, 0.2) is 0 Å². The second kappa shape index (κ2) is 7.64. The van der Waals surface area contributed by atoms with Gasteiger partial charge in [0.25, 0.3) is 0 Å². The Bertz CT molecular complexity index is 152. The minimum atomic E-state index is 0.357. The Labute approximate surface area is 102 Å². The van der Waals surface area contributed by atoms with E-state index in [0.29, 0.717) is 5.41 Å². The van der Waals surface area contributed by atoms with Gasteiger partial charge in [0.2, 0.25) is 0 Å². The highest BCUT2D eigenvalue weighted by atomic mass is 79.9. The summed E-state index contributed by atoms with van der Waals surface area (Å²) >= 11 is 3.44. The van der Waals surface area contributed by atoms with Gasteiger partial charge in [-0.2, -0.15) is 0 Å². The number of hydrogen-bond acceptors (Lipinski definition) is 2. The quantitative estimate of drug-likeness (QED) is 0.476. The fourth-order valence-electron chi connectivity index (χ4n) is 1.72. The number of halogens is 1. The molecule has 0 atom stereocenters. The van der Waals surface area contributed by atoms with Crippen molar-refractivity contribution in [3.8, 4) is 0 Å². The van der Waals surface area contributed by atoms with Gasteiger partial charge in [-0.15, -0.1) is 0 Å². The van der Waals surface area contributed by atoms with Crippen LogP contribution in [-0.4, -0.2) is 31.8 Å². The summed E-state index contributed by atoms with van der Waals surface area (Å²) in [6.45, 7) is 5.83. The molecule has 0 aromatic heterocycles. The van der Waals surface area contributed by atoms with Crippen molar-refractivity contribution < 1.29 is 9.47 Å². The summed E-state index contributed by atoms with van der Waals surface area (Å²) in [6.07, 6.45) is 6.27. The van der Waals surface area contributed by atoms with E-state index in [1.165, 1.54) is 32.1 Å². The molecule has 0 aromatic rings. The van der Waals surface area contributed by atoms with Crippen molar-refractivity contribution in [2.45, 2.75) is 39.0 Å². The van der Waals surface area contributed by atoms with Crippen LogP contribution in [0.1, 0.15) is 39.0 Å². The molecule has 0 saturated carbocycles. The van der Waals surface area contributed by atoms with E-state index in [0.717, 1.165) is 31.8 Å². The normalized spacial score (nSPS) is 18.8. The molecule has 15 heavy (non-hydrogen) atoms. The van der Waals surface area contributed by atoms with Gasteiger partial charge in [-0.1, -0.05) is 35.7 Å². The van der Waals surface area contributed by atoms with E-state index < -0.39 is 0 Å². The molecule has 2 nitrogen and oxygen atoms in total. The highest BCUT2D eigenvalue weighted by Crippen LogP contribution is 2.31. The van der Waals surface area contributed by atoms with Crippen LogP contribution in [-0.2, 0) is 9.47 Å². The van der Waals surface area contributed by atoms with E-state index in [4.69, 9.17) is 9.47 Å². The van der Waals surface area contributed by atoms with Crippen molar-refractivity contribution >= 4 is 15.9 Å². The summed E-state index contributed by atoms with van der Waals surface area (Å²) in [5.41, 5.74) is 0.357. The van der Waals surface area contributed by atoms with E-state index >= 15 is 0 Å². The van der Waals surface area contributed by atoms with Crippen LogP contribution in [0.2, 0.25) is 0 Å². The summed E-state index contributed by atoms with van der Waals surface area (Å²) in [5.74, 6) is 0. The first-order chi connectivity index (χ1) is 7.33. The average molecular weight is 279 g/mol. The van der Waals surface area contributed by atoms with E-state index in [1.54, 1.807) is 0 Å². The lowest BCUT2D eigenvalue weighted by molar-refractivity contribution is -0.150. The third-order valence-corrected chi connectivity index (χ3v) is 3.71. The molecule has 0 amide bonds. The van der Waals surface area contributed by atoms with Gasteiger partial charge in [0.1, 0.15) is 0 Å². The van der Waals surface area contributed by atoms with Crippen molar-refractivity contribution in [1.82, 2.24) is 0 Å². The molecule has 0 spiro atoms. The Kier molecular flexibility index (Phi) is 6.86. The smallest absolute Gasteiger partial charge is 0.0566 e. The highest BCUT2D eigenvalue weighted by Gasteiger charge is 2.36. The predicted molar refractivity (Wildman–Crippen MR) is 66.6 cm³/mol. The number of ether oxygens (including phenoxy) is 2. The fourth-order valence-corrected chi connectivity index (χ4v) is 2.12. The van der Waals surface area contributed by atoms with Crippen molar-refractivity contribution in [2.75, 3.05) is 31.8 Å². The summed E-state index contributed by atoms with van der Waals surface area (Å²) in [7, 11) is 0. The molecule has 0 aliphatic carbocycles. The zero-order chi connectivity index (χ0) is 11.0. The second-order valence-corrected chi connectivity index (χ2v) is 5.30. The topological polar surface area (TPSA) is 18.5 Å². The standard InChI is InChI=1S/C12H23BrO2/c1-2-12(10-15-11-12)9-14-8-6-4-3-5-7-13/h2-11H2,1H3. The third kappa shape index (κ3) is 4.83. The van der Waals surface area contributed by atoms with Gasteiger partial charge >= 0.3 is 0 Å². The third-order valence-electron chi connectivity index (χ3n) is 3.15. The highest BCUT2D eigenvalue weighted by molar-refractivity contribution is 9.09. The van der Waals surface area contributed by atoms with Crippen LogP contribution < -0.4 is 0 Å². The van der Waals surface area contributed by atoms with Crippen molar-refractivity contribution in [3.63, 3.8) is 0 Å². The zero-order valence-electron chi connectivity index (χ0n) is 9.77. The predicted octanol–water partition coefficient (Wildman–Crippen LogP) is 3.38. The molecule has 1 aliphatic heterocycles. The zero-order valence-corrected chi connectivity index (χ0v) is 11.4. The Morgan fingerprint density at radius 1 is 1.20 bits per heavy atom. The van der Waals surface area contributed by atoms with Crippen molar-refractivity contribution in [3.05, 3.63) is 0 Å². The largest absolute Gasteiger partial charge is 0.381 e. The van der Waals surface area contributed by atoms with Crippen LogP contribution >= 0.6 is 15.9 Å². The first-order valence-corrected chi connectivity index (χ1v) is 7.16. The maximum atomic E-state index is 5.72. The van der Waals surface area contributed by atoms with Crippen LogP contribution in [0, 0.1) is 5.41 Å². The number of unbranched alkanes of at least 4 members (excludes halogenated alkanes) is 3. The molecule has 0 radical (unpaired) electrons. The summed E-state index contributed by atoms with van der Waals surface area (Å²) in [5, 5.41) is 1.13. The van der Waals surface area contributed by atoms with Crippen molar-refractivity contribution in [1.29, 1.82) is 0 Å². The SMILES string of the molecule is CCC1(COCCCCCCBr)COC1. The van der Waals surface area contributed by atoms with E-state index in [2.05, 4.69) is 22.9 Å². The number of rotatable bonds is 9. The van der Waals surface area contributed by atoms with E-state index in [9.17, 15) is 0 Å². The minimum Gasteiger partial charge on any atom is -0.381 e. The first-order valence-electron chi connectivity index (χ1n) is 6.04. The molecule has 0 bridgehead atoms. The summed E-state index contributed by atoms with van der Waals surface area (Å²) in [6, 6.07) is 0. The Morgan fingerprint density at radius 2 is 1.93 bits per heavy atom. The maximum absolute atomic E-state index is 5.72. The summed E-state index contributed by atoms with van der Waals surface area (Å²) < 4.78 is 11.0. The average Bonchev–Trinajstić information content (AvgIpc) is 2.20. The van der Waals surface area contributed by atoms with Gasteiger partial charge in [0, 0.05) is 17.4 Å². The minimum absolute atomic E-state index is 0.357. The monoisotopic (exact) mass is 278 g/mol. The molecule has 1 saturated heterocycles. The molecular weight excluding hydrogens is 256 g/mol. The Hall–Kier alpha value is 0.400. The lowest BCUT2D eigenvalue weighted by Crippen LogP contribution is -2.45. The van der Waals surface area contributed by atoms with Gasteiger partial charge in [-0.05, 0) is 19.3 Å². The lowest BCUT2D eigenvalue weighted by Gasteiger charge is -2.40. The molecule has 1 heterocycles. The van der Waals surface area contributed by atoms with Crippen LogP contribution in [0.25, 0.3) is 0 Å². The van der Waals surface area contributed by atoms with Gasteiger partial charge in [0.05, 0.1) is 19.8 Å². The van der Waals surface area contributed by atoms with Gasteiger partial charge in [-0.3, -0.25) is 0 Å². The van der Waals surface area contributed by atoms with Gasteiger partial charge < -0.3 is 9.47 Å². The second-order valence-electron chi connectivity index (χ2n) is 4.50.